The lowest BCUT2D eigenvalue weighted by molar-refractivity contribution is 0.350. The Balaban J connectivity index is 1.62. The lowest BCUT2D eigenvalue weighted by atomic mass is 9.83. The molecule has 0 amide bonds. The lowest BCUT2D eigenvalue weighted by Gasteiger charge is -2.22. The van der Waals surface area contributed by atoms with Gasteiger partial charge in [-0.05, 0) is 46.5 Å². The number of hydrogen-bond donors (Lipinski definition) is 8. The van der Waals surface area contributed by atoms with Gasteiger partial charge >= 0.3 is 0 Å². The first-order valence-electron chi connectivity index (χ1n) is 14.5. The van der Waals surface area contributed by atoms with Crippen molar-refractivity contribution in [3.05, 3.63) is 97.1 Å². The van der Waals surface area contributed by atoms with Gasteiger partial charge in [0.1, 0.15) is 11.2 Å². The molecule has 230 valence electrons. The van der Waals surface area contributed by atoms with Crippen molar-refractivity contribution in [2.24, 2.45) is 0 Å². The van der Waals surface area contributed by atoms with Gasteiger partial charge in [-0.3, -0.25) is 0 Å². The van der Waals surface area contributed by atoms with Gasteiger partial charge in [-0.1, -0.05) is 72.8 Å². The molecule has 1 aromatic heterocycles. The largest absolute Gasteiger partial charge is 0.504 e. The number of fused-ring (bicyclic) bond motifs is 5. The van der Waals surface area contributed by atoms with Crippen LogP contribution in [0.1, 0.15) is 0 Å². The van der Waals surface area contributed by atoms with Gasteiger partial charge in [0.05, 0.1) is 0 Å². The maximum Gasteiger partial charge on any atom is 0.204 e. The minimum atomic E-state index is -1.03. The number of furan rings is 1. The Morgan fingerprint density at radius 2 is 0.766 bits per heavy atom. The summed E-state index contributed by atoms with van der Waals surface area (Å²) in [6.45, 7) is 0. The van der Waals surface area contributed by atoms with Gasteiger partial charge < -0.3 is 45.3 Å². The van der Waals surface area contributed by atoms with Crippen molar-refractivity contribution in [2.75, 3.05) is 0 Å². The number of hydrogen-bond acceptors (Lipinski definition) is 9. The zero-order valence-electron chi connectivity index (χ0n) is 24.2. The second-order valence-electron chi connectivity index (χ2n) is 11.3. The minimum absolute atomic E-state index is 0.0161. The van der Waals surface area contributed by atoms with Crippen LogP contribution in [0.5, 0.6) is 46.0 Å². The molecule has 47 heavy (non-hydrogen) atoms. The Morgan fingerprint density at radius 1 is 0.319 bits per heavy atom. The summed E-state index contributed by atoms with van der Waals surface area (Å²) in [6.07, 6.45) is 0. The smallest absolute Gasteiger partial charge is 0.204 e. The second kappa shape index (κ2) is 9.88. The zero-order valence-corrected chi connectivity index (χ0v) is 24.2. The summed E-state index contributed by atoms with van der Waals surface area (Å²) in [4.78, 5) is 0. The van der Waals surface area contributed by atoms with Gasteiger partial charge in [0.2, 0.25) is 23.0 Å². The molecule has 0 radical (unpaired) electrons. The van der Waals surface area contributed by atoms with E-state index in [2.05, 4.69) is 0 Å². The van der Waals surface area contributed by atoms with Crippen molar-refractivity contribution in [3.8, 4) is 79.4 Å². The van der Waals surface area contributed by atoms with Gasteiger partial charge in [-0.2, -0.15) is 0 Å². The molecule has 8 N–H and O–H groups in total. The number of aromatic hydroxyl groups is 8. The number of benzene rings is 7. The molecule has 7 aromatic carbocycles. The summed E-state index contributed by atoms with van der Waals surface area (Å²) in [5.41, 5.74) is 3.29. The Labute approximate surface area is 264 Å². The van der Waals surface area contributed by atoms with E-state index in [9.17, 15) is 40.9 Å². The van der Waals surface area contributed by atoms with Gasteiger partial charge in [-0.25, -0.2) is 0 Å². The van der Waals surface area contributed by atoms with E-state index >= 15 is 0 Å². The molecule has 1 heterocycles. The molecule has 0 aliphatic carbocycles. The van der Waals surface area contributed by atoms with Gasteiger partial charge in [-0.15, -0.1) is 0 Å². The molecule has 0 fully saturated rings. The monoisotopic (exact) mass is 624 g/mol. The van der Waals surface area contributed by atoms with Crippen LogP contribution in [0.3, 0.4) is 0 Å². The van der Waals surface area contributed by atoms with Crippen LogP contribution in [0.4, 0.5) is 0 Å². The Kier molecular flexibility index (Phi) is 5.84. The molecule has 9 nitrogen and oxygen atoms in total. The molecule has 9 heteroatoms. The molecule has 0 spiro atoms. The molecule has 0 unspecified atom stereocenters. The topological polar surface area (TPSA) is 175 Å². The van der Waals surface area contributed by atoms with Crippen molar-refractivity contribution >= 4 is 43.5 Å². The maximum absolute atomic E-state index is 11.5. The predicted octanol–water partition coefficient (Wildman–Crippen LogP) is 8.54. The van der Waals surface area contributed by atoms with Crippen molar-refractivity contribution in [3.63, 3.8) is 0 Å². The summed E-state index contributed by atoms with van der Waals surface area (Å²) in [5.74, 6) is -7.44. The molecular weight excluding hydrogens is 600 g/mol. The van der Waals surface area contributed by atoms with Crippen LogP contribution in [0.15, 0.2) is 101 Å². The standard InChI is InChI=1S/C38H24O9/c39-31-27-25(19-10-6-9-18(15-19)17-7-2-1-3-8-17)28-30(34(42)38(46)36(44)32(28)40)26(29(27)33(41)37(45)35(31)43)20-13-14-24-22(16-20)21-11-4-5-12-23(21)47-24/h1-16,39-46H. The van der Waals surface area contributed by atoms with E-state index in [0.717, 1.165) is 16.5 Å². The van der Waals surface area contributed by atoms with Crippen molar-refractivity contribution < 1.29 is 45.3 Å². The summed E-state index contributed by atoms with van der Waals surface area (Å²) in [7, 11) is 0. The van der Waals surface area contributed by atoms with Crippen molar-refractivity contribution in [1.29, 1.82) is 0 Å². The summed E-state index contributed by atoms with van der Waals surface area (Å²) >= 11 is 0. The Hall–Kier alpha value is -6.74. The highest BCUT2D eigenvalue weighted by atomic mass is 16.4. The fraction of sp³-hybridized carbons (Fsp3) is 0. The van der Waals surface area contributed by atoms with Gasteiger partial charge in [0.25, 0.3) is 0 Å². The average molecular weight is 625 g/mol. The van der Waals surface area contributed by atoms with Crippen LogP contribution >= 0.6 is 0 Å². The fourth-order valence-corrected chi connectivity index (χ4v) is 6.56. The third kappa shape index (κ3) is 3.83. The lowest BCUT2D eigenvalue weighted by Crippen LogP contribution is -1.95. The third-order valence-corrected chi connectivity index (χ3v) is 8.72. The molecule has 0 saturated carbocycles. The highest BCUT2D eigenvalue weighted by Crippen LogP contribution is 2.62. The van der Waals surface area contributed by atoms with E-state index in [4.69, 9.17) is 4.42 Å². The number of phenols is 8. The molecular formula is C38H24O9. The van der Waals surface area contributed by atoms with E-state index in [1.807, 2.05) is 54.6 Å². The number of phenolic OH excluding ortho intramolecular Hbond substituents is 8. The van der Waals surface area contributed by atoms with E-state index in [1.54, 1.807) is 42.5 Å². The quantitative estimate of drug-likeness (QED) is 0.0544. The van der Waals surface area contributed by atoms with Crippen LogP contribution in [0, 0.1) is 0 Å². The first kappa shape index (κ1) is 27.8. The molecule has 8 rings (SSSR count). The molecule has 0 aliphatic rings. The predicted molar refractivity (Wildman–Crippen MR) is 178 cm³/mol. The fourth-order valence-electron chi connectivity index (χ4n) is 6.56. The molecule has 0 atom stereocenters. The summed E-state index contributed by atoms with van der Waals surface area (Å²) in [6, 6.07) is 28.6. The first-order chi connectivity index (χ1) is 22.7. The van der Waals surface area contributed by atoms with Crippen molar-refractivity contribution in [1.82, 2.24) is 0 Å². The Morgan fingerprint density at radius 3 is 1.34 bits per heavy atom. The normalized spacial score (nSPS) is 11.7. The van der Waals surface area contributed by atoms with E-state index in [0.29, 0.717) is 27.7 Å². The highest BCUT2D eigenvalue weighted by molar-refractivity contribution is 6.29. The molecule has 0 aliphatic heterocycles. The summed E-state index contributed by atoms with van der Waals surface area (Å²) < 4.78 is 5.97. The zero-order chi connectivity index (χ0) is 32.7. The van der Waals surface area contributed by atoms with Crippen LogP contribution in [-0.4, -0.2) is 40.9 Å². The van der Waals surface area contributed by atoms with Gasteiger partial charge in [0.15, 0.2) is 23.0 Å². The number of rotatable bonds is 3. The van der Waals surface area contributed by atoms with Crippen LogP contribution in [-0.2, 0) is 0 Å². The van der Waals surface area contributed by atoms with E-state index < -0.39 is 46.0 Å². The average Bonchev–Trinajstić information content (AvgIpc) is 3.48. The molecule has 8 aromatic rings. The Bertz CT molecular complexity index is 2520. The first-order valence-corrected chi connectivity index (χ1v) is 14.5. The van der Waals surface area contributed by atoms with Crippen LogP contribution in [0.2, 0.25) is 0 Å². The summed E-state index contributed by atoms with van der Waals surface area (Å²) in [5, 5.41) is 89.8. The van der Waals surface area contributed by atoms with E-state index in [1.165, 1.54) is 0 Å². The van der Waals surface area contributed by atoms with Crippen molar-refractivity contribution in [2.45, 2.75) is 0 Å². The van der Waals surface area contributed by atoms with E-state index in [-0.39, 0.29) is 32.7 Å². The second-order valence-corrected chi connectivity index (χ2v) is 11.3. The highest BCUT2D eigenvalue weighted by Gasteiger charge is 2.32. The third-order valence-electron chi connectivity index (χ3n) is 8.72. The molecule has 0 bridgehead atoms. The number of para-hydroxylation sites is 1. The van der Waals surface area contributed by atoms with Crippen LogP contribution < -0.4 is 0 Å². The SMILES string of the molecule is Oc1c(O)c(O)c2c(-c3ccc4oc5ccccc5c4c3)c3c(O)c(O)c(O)c(O)c3c(-c3cccc(-c4ccccc4)c3)c2c1O. The molecule has 0 saturated heterocycles. The van der Waals surface area contributed by atoms with Crippen LogP contribution in [0.25, 0.3) is 76.9 Å². The maximum atomic E-state index is 11.5. The minimum Gasteiger partial charge on any atom is -0.504 e. The van der Waals surface area contributed by atoms with Gasteiger partial charge in [0, 0.05) is 43.4 Å².